The first-order valence-corrected chi connectivity index (χ1v) is 5.12. The molecular weight excluding hydrogens is 204 g/mol. The zero-order chi connectivity index (χ0) is 12.0. The van der Waals surface area contributed by atoms with Gasteiger partial charge in [-0.25, -0.2) is 4.79 Å². The molecular formula is C12H14N2O2. The van der Waals surface area contributed by atoms with E-state index in [0.717, 1.165) is 0 Å². The SMILES string of the molecule is CCOC(=O)c1cccc(N)c1CCC#N. The van der Waals surface area contributed by atoms with Crippen LogP contribution in [0.5, 0.6) is 0 Å². The summed E-state index contributed by atoms with van der Waals surface area (Å²) in [5, 5.41) is 8.54. The summed E-state index contributed by atoms with van der Waals surface area (Å²) in [6.45, 7) is 2.07. The number of hydrogen-bond acceptors (Lipinski definition) is 4. The number of rotatable bonds is 4. The van der Waals surface area contributed by atoms with Crippen LogP contribution in [-0.4, -0.2) is 12.6 Å². The highest BCUT2D eigenvalue weighted by molar-refractivity contribution is 5.92. The molecule has 1 aromatic carbocycles. The highest BCUT2D eigenvalue weighted by atomic mass is 16.5. The number of nitrogen functional groups attached to an aromatic ring is 1. The van der Waals surface area contributed by atoms with E-state index >= 15 is 0 Å². The van der Waals surface area contributed by atoms with Crippen LogP contribution in [0.15, 0.2) is 18.2 Å². The lowest BCUT2D eigenvalue weighted by Gasteiger charge is -2.09. The summed E-state index contributed by atoms with van der Waals surface area (Å²) in [6.07, 6.45) is 0.804. The smallest absolute Gasteiger partial charge is 0.338 e. The minimum Gasteiger partial charge on any atom is -0.462 e. The molecule has 0 aliphatic carbocycles. The van der Waals surface area contributed by atoms with E-state index in [9.17, 15) is 4.79 Å². The van der Waals surface area contributed by atoms with Gasteiger partial charge in [0, 0.05) is 12.1 Å². The number of nitrogens with two attached hydrogens (primary N) is 1. The normalized spacial score (nSPS) is 9.50. The van der Waals surface area contributed by atoms with E-state index in [1.165, 1.54) is 0 Å². The molecule has 0 spiro atoms. The van der Waals surface area contributed by atoms with Gasteiger partial charge >= 0.3 is 5.97 Å². The molecule has 0 aromatic heterocycles. The van der Waals surface area contributed by atoms with Gasteiger partial charge in [0.15, 0.2) is 0 Å². The van der Waals surface area contributed by atoms with E-state index in [1.54, 1.807) is 25.1 Å². The second kappa shape index (κ2) is 5.76. The molecule has 0 amide bonds. The maximum atomic E-state index is 11.6. The van der Waals surface area contributed by atoms with E-state index in [2.05, 4.69) is 0 Å². The monoisotopic (exact) mass is 218 g/mol. The Morgan fingerprint density at radius 2 is 2.31 bits per heavy atom. The zero-order valence-electron chi connectivity index (χ0n) is 9.19. The second-order valence-corrected chi connectivity index (χ2v) is 3.25. The number of nitriles is 1. The largest absolute Gasteiger partial charge is 0.462 e. The summed E-state index contributed by atoms with van der Waals surface area (Å²) in [6, 6.07) is 7.13. The molecule has 0 heterocycles. The summed E-state index contributed by atoms with van der Waals surface area (Å²) in [5.74, 6) is -0.386. The Labute approximate surface area is 94.6 Å². The Bertz CT molecular complexity index is 422. The zero-order valence-corrected chi connectivity index (χ0v) is 9.19. The summed E-state index contributed by atoms with van der Waals surface area (Å²) in [4.78, 5) is 11.6. The number of hydrogen-bond donors (Lipinski definition) is 1. The van der Waals surface area contributed by atoms with Gasteiger partial charge in [0.05, 0.1) is 18.2 Å². The van der Waals surface area contributed by atoms with E-state index in [-0.39, 0.29) is 5.97 Å². The minimum atomic E-state index is -0.386. The first-order valence-electron chi connectivity index (χ1n) is 5.12. The van der Waals surface area contributed by atoms with Crippen molar-refractivity contribution in [1.82, 2.24) is 0 Å². The average Bonchev–Trinajstić information content (AvgIpc) is 2.27. The number of carbonyl (C=O) groups excluding carboxylic acids is 1. The highest BCUT2D eigenvalue weighted by Gasteiger charge is 2.13. The molecule has 0 unspecified atom stereocenters. The predicted molar refractivity (Wildman–Crippen MR) is 60.7 cm³/mol. The lowest BCUT2D eigenvalue weighted by molar-refractivity contribution is 0.0525. The van der Waals surface area contributed by atoms with Gasteiger partial charge < -0.3 is 10.5 Å². The third-order valence-corrected chi connectivity index (χ3v) is 2.19. The maximum absolute atomic E-state index is 11.6. The first-order chi connectivity index (χ1) is 7.70. The molecule has 0 atom stereocenters. The number of carbonyl (C=O) groups is 1. The van der Waals surface area contributed by atoms with Gasteiger partial charge in [0.2, 0.25) is 0 Å². The molecule has 0 bridgehead atoms. The Balaban J connectivity index is 3.03. The fourth-order valence-corrected chi connectivity index (χ4v) is 1.46. The van der Waals surface area contributed by atoms with Crippen molar-refractivity contribution in [2.24, 2.45) is 0 Å². The standard InChI is InChI=1S/C12H14N2O2/c1-2-16-12(15)10-5-3-7-11(14)9(10)6-4-8-13/h3,5,7H,2,4,6,14H2,1H3. The average molecular weight is 218 g/mol. The topological polar surface area (TPSA) is 76.1 Å². The van der Waals surface area contributed by atoms with Crippen molar-refractivity contribution < 1.29 is 9.53 Å². The fourth-order valence-electron chi connectivity index (χ4n) is 1.46. The summed E-state index contributed by atoms with van der Waals surface area (Å²) >= 11 is 0. The van der Waals surface area contributed by atoms with Gasteiger partial charge in [-0.3, -0.25) is 0 Å². The molecule has 2 N–H and O–H groups in total. The molecule has 0 saturated heterocycles. The molecule has 1 aromatic rings. The molecule has 4 nitrogen and oxygen atoms in total. The minimum absolute atomic E-state index is 0.325. The van der Waals surface area contributed by atoms with E-state index in [0.29, 0.717) is 36.3 Å². The van der Waals surface area contributed by atoms with Gasteiger partial charge in [-0.05, 0) is 31.0 Å². The molecule has 0 aliphatic heterocycles. The number of ether oxygens (including phenoxy) is 1. The highest BCUT2D eigenvalue weighted by Crippen LogP contribution is 2.19. The molecule has 84 valence electrons. The number of esters is 1. The molecule has 4 heteroatoms. The number of benzene rings is 1. The summed E-state index contributed by atoms with van der Waals surface area (Å²) < 4.78 is 4.93. The van der Waals surface area contributed by atoms with Crippen molar-refractivity contribution >= 4 is 11.7 Å². The van der Waals surface area contributed by atoms with E-state index in [1.807, 2.05) is 6.07 Å². The summed E-state index contributed by atoms with van der Waals surface area (Å²) in [5.41, 5.74) is 7.46. The molecule has 0 fully saturated rings. The van der Waals surface area contributed by atoms with Crippen LogP contribution in [-0.2, 0) is 11.2 Å². The summed E-state index contributed by atoms with van der Waals surface area (Å²) in [7, 11) is 0. The second-order valence-electron chi connectivity index (χ2n) is 3.25. The van der Waals surface area contributed by atoms with Gasteiger partial charge in [0.1, 0.15) is 0 Å². The van der Waals surface area contributed by atoms with Crippen molar-refractivity contribution in [1.29, 1.82) is 5.26 Å². The number of anilines is 1. The lowest BCUT2D eigenvalue weighted by atomic mass is 10.0. The number of nitrogens with zero attached hydrogens (tertiary/aromatic N) is 1. The van der Waals surface area contributed by atoms with Crippen molar-refractivity contribution in [3.8, 4) is 6.07 Å². The van der Waals surface area contributed by atoms with Crippen LogP contribution in [0, 0.1) is 11.3 Å². The van der Waals surface area contributed by atoms with Gasteiger partial charge in [0.25, 0.3) is 0 Å². The van der Waals surface area contributed by atoms with Crippen LogP contribution in [0.2, 0.25) is 0 Å². The molecule has 16 heavy (non-hydrogen) atoms. The van der Waals surface area contributed by atoms with Gasteiger partial charge in [-0.2, -0.15) is 5.26 Å². The lowest BCUT2D eigenvalue weighted by Crippen LogP contribution is -2.10. The Kier molecular flexibility index (Phi) is 4.34. The van der Waals surface area contributed by atoms with Crippen LogP contribution >= 0.6 is 0 Å². The van der Waals surface area contributed by atoms with E-state index in [4.69, 9.17) is 15.7 Å². The van der Waals surface area contributed by atoms with Gasteiger partial charge in [-0.1, -0.05) is 6.07 Å². The maximum Gasteiger partial charge on any atom is 0.338 e. The van der Waals surface area contributed by atoms with Crippen molar-refractivity contribution in [2.45, 2.75) is 19.8 Å². The first kappa shape index (κ1) is 12.1. The molecule has 0 aliphatic rings. The van der Waals surface area contributed by atoms with Crippen molar-refractivity contribution in [3.05, 3.63) is 29.3 Å². The Hall–Kier alpha value is -2.02. The van der Waals surface area contributed by atoms with Crippen molar-refractivity contribution in [3.63, 3.8) is 0 Å². The van der Waals surface area contributed by atoms with Crippen LogP contribution in [0.4, 0.5) is 5.69 Å². The third kappa shape index (κ3) is 2.74. The van der Waals surface area contributed by atoms with Gasteiger partial charge in [-0.15, -0.1) is 0 Å². The van der Waals surface area contributed by atoms with Crippen LogP contribution in [0.3, 0.4) is 0 Å². The molecule has 0 radical (unpaired) electrons. The Morgan fingerprint density at radius 1 is 1.56 bits per heavy atom. The third-order valence-electron chi connectivity index (χ3n) is 2.19. The molecule has 0 saturated carbocycles. The van der Waals surface area contributed by atoms with Crippen molar-refractivity contribution in [2.75, 3.05) is 12.3 Å². The quantitative estimate of drug-likeness (QED) is 0.618. The van der Waals surface area contributed by atoms with Crippen LogP contribution in [0.25, 0.3) is 0 Å². The Morgan fingerprint density at radius 3 is 2.94 bits per heavy atom. The molecule has 1 rings (SSSR count). The van der Waals surface area contributed by atoms with Crippen LogP contribution in [0.1, 0.15) is 29.3 Å². The van der Waals surface area contributed by atoms with Crippen LogP contribution < -0.4 is 5.73 Å². The predicted octanol–water partition coefficient (Wildman–Crippen LogP) is 1.90. The fraction of sp³-hybridized carbons (Fsp3) is 0.333. The van der Waals surface area contributed by atoms with E-state index < -0.39 is 0 Å².